The lowest BCUT2D eigenvalue weighted by atomic mass is 9.48. The van der Waals surface area contributed by atoms with Crippen LogP contribution in [-0.4, -0.2) is 41.0 Å². The third-order valence-corrected chi connectivity index (χ3v) is 10.0. The Hall–Kier alpha value is -2.14. The van der Waals surface area contributed by atoms with Crippen LogP contribution in [0.1, 0.15) is 57.9 Å². The van der Waals surface area contributed by atoms with E-state index in [0.717, 1.165) is 37.7 Å². The molecule has 1 aromatic carbocycles. The van der Waals surface area contributed by atoms with Gasteiger partial charge in [-0.2, -0.15) is 0 Å². The predicted octanol–water partition coefficient (Wildman–Crippen LogP) is 3.92. The first-order valence-electron chi connectivity index (χ1n) is 12.7. The molecule has 3 aliphatic carbocycles. The number of carbonyl (C=O) groups is 2. The van der Waals surface area contributed by atoms with Gasteiger partial charge in [0.1, 0.15) is 0 Å². The second-order valence-electron chi connectivity index (χ2n) is 11.6. The van der Waals surface area contributed by atoms with E-state index in [1.165, 1.54) is 0 Å². The van der Waals surface area contributed by atoms with Gasteiger partial charge in [-0.3, -0.25) is 9.59 Å². The summed E-state index contributed by atoms with van der Waals surface area (Å²) in [6.07, 6.45) is 9.07. The van der Waals surface area contributed by atoms with E-state index in [9.17, 15) is 14.7 Å². The highest BCUT2D eigenvalue weighted by Gasteiger charge is 2.62. The van der Waals surface area contributed by atoms with Crippen molar-refractivity contribution in [3.8, 4) is 0 Å². The number of benzene rings is 1. The van der Waals surface area contributed by atoms with Gasteiger partial charge >= 0.3 is 0 Å². The molecule has 0 bridgehead atoms. The van der Waals surface area contributed by atoms with Crippen LogP contribution in [0, 0.1) is 34.5 Å². The highest BCUT2D eigenvalue weighted by molar-refractivity contribution is 5.89. The lowest BCUT2D eigenvalue weighted by Crippen LogP contribution is -2.59. The quantitative estimate of drug-likeness (QED) is 0.731. The van der Waals surface area contributed by atoms with E-state index in [1.807, 2.05) is 42.3 Å². The number of nitrogens with one attached hydrogen (secondary N) is 1. The summed E-state index contributed by atoms with van der Waals surface area (Å²) in [6.45, 7) is 5.14. The number of aliphatic hydroxyl groups excluding tert-OH is 1. The van der Waals surface area contributed by atoms with Crippen LogP contribution in [-0.2, 0) is 16.1 Å². The zero-order valence-electron chi connectivity index (χ0n) is 20.2. The summed E-state index contributed by atoms with van der Waals surface area (Å²) >= 11 is 0. The first kappa shape index (κ1) is 22.6. The summed E-state index contributed by atoms with van der Waals surface area (Å²) in [5.74, 6) is 1.68. The number of likely N-dealkylation sites (N-methyl/N-ethyl adjacent to an activating group) is 1. The van der Waals surface area contributed by atoms with Crippen LogP contribution in [0.2, 0.25) is 0 Å². The molecule has 1 aliphatic heterocycles. The minimum atomic E-state index is -0.428. The SMILES string of the molecule is CN1C(=O)C=C[C@]2(C)C3CC[C@@]4(C)[C@@H](C[C@@H](CC(=O)NCc5ccccc5)[C@@H]4O)C3CC[C@@H]12. The molecule has 8 atom stereocenters. The molecule has 0 saturated heterocycles. The molecule has 2 N–H and O–H groups in total. The number of amides is 2. The average Bonchev–Trinajstić information content (AvgIpc) is 3.06. The molecule has 1 heterocycles. The maximum Gasteiger partial charge on any atom is 0.246 e. The molecule has 2 amide bonds. The maximum atomic E-state index is 12.7. The lowest BCUT2D eigenvalue weighted by Gasteiger charge is -2.60. The molecule has 5 nitrogen and oxygen atoms in total. The summed E-state index contributed by atoms with van der Waals surface area (Å²) in [7, 11) is 1.95. The van der Waals surface area contributed by atoms with Crippen molar-refractivity contribution in [2.24, 2.45) is 34.5 Å². The van der Waals surface area contributed by atoms with Gasteiger partial charge in [0, 0.05) is 31.5 Å². The fraction of sp³-hybridized carbons (Fsp3) is 0.643. The van der Waals surface area contributed by atoms with E-state index in [0.29, 0.717) is 30.7 Å². The minimum absolute atomic E-state index is 0.00298. The van der Waals surface area contributed by atoms with Crippen LogP contribution in [0.4, 0.5) is 0 Å². The number of aliphatic hydroxyl groups is 1. The minimum Gasteiger partial charge on any atom is -0.392 e. The topological polar surface area (TPSA) is 69.6 Å². The molecular weight excluding hydrogens is 412 g/mol. The van der Waals surface area contributed by atoms with Gasteiger partial charge in [0.15, 0.2) is 0 Å². The largest absolute Gasteiger partial charge is 0.392 e. The molecular formula is C28H38N2O3. The van der Waals surface area contributed by atoms with Gasteiger partial charge in [0.05, 0.1) is 6.10 Å². The molecule has 0 aromatic heterocycles. The second kappa shape index (κ2) is 8.26. The number of carbonyl (C=O) groups excluding carboxylic acids is 2. The molecule has 4 aliphatic rings. The van der Waals surface area contributed by atoms with E-state index in [2.05, 4.69) is 25.2 Å². The Morgan fingerprint density at radius 3 is 2.67 bits per heavy atom. The molecule has 1 aromatic rings. The van der Waals surface area contributed by atoms with E-state index in [4.69, 9.17) is 0 Å². The fourth-order valence-electron chi connectivity index (χ4n) is 8.19. The third kappa shape index (κ3) is 3.63. The van der Waals surface area contributed by atoms with E-state index >= 15 is 0 Å². The van der Waals surface area contributed by atoms with Crippen LogP contribution in [0.25, 0.3) is 0 Å². The molecule has 0 spiro atoms. The van der Waals surface area contributed by atoms with Gasteiger partial charge in [-0.15, -0.1) is 0 Å². The number of hydrogen-bond donors (Lipinski definition) is 2. The molecule has 178 valence electrons. The Morgan fingerprint density at radius 1 is 1.15 bits per heavy atom. The highest BCUT2D eigenvalue weighted by Crippen LogP contribution is 2.65. The predicted molar refractivity (Wildman–Crippen MR) is 128 cm³/mol. The van der Waals surface area contributed by atoms with Crippen molar-refractivity contribution in [1.82, 2.24) is 10.2 Å². The van der Waals surface area contributed by atoms with Gasteiger partial charge in [-0.1, -0.05) is 50.3 Å². The average molecular weight is 451 g/mol. The first-order valence-corrected chi connectivity index (χ1v) is 12.7. The number of hydrogen-bond acceptors (Lipinski definition) is 3. The van der Waals surface area contributed by atoms with Crippen molar-refractivity contribution in [3.05, 3.63) is 48.0 Å². The summed E-state index contributed by atoms with van der Waals surface area (Å²) in [5, 5.41) is 14.4. The van der Waals surface area contributed by atoms with E-state index in [1.54, 1.807) is 6.08 Å². The van der Waals surface area contributed by atoms with Gasteiger partial charge in [0.25, 0.3) is 0 Å². The van der Waals surface area contributed by atoms with Crippen LogP contribution in [0.3, 0.4) is 0 Å². The van der Waals surface area contributed by atoms with E-state index in [-0.39, 0.29) is 34.6 Å². The molecule has 0 radical (unpaired) electrons. The Bertz CT molecular complexity index is 946. The number of rotatable bonds is 4. The maximum absolute atomic E-state index is 12.7. The summed E-state index contributed by atoms with van der Waals surface area (Å²) in [6, 6.07) is 10.2. The molecule has 5 rings (SSSR count). The van der Waals surface area contributed by atoms with Crippen LogP contribution in [0.5, 0.6) is 0 Å². The summed E-state index contributed by atoms with van der Waals surface area (Å²) in [5.41, 5.74) is 0.980. The van der Waals surface area contributed by atoms with Crippen LogP contribution >= 0.6 is 0 Å². The Kier molecular flexibility index (Phi) is 5.67. The monoisotopic (exact) mass is 450 g/mol. The van der Waals surface area contributed by atoms with Gasteiger partial charge in [-0.05, 0) is 72.8 Å². The Balaban J connectivity index is 1.29. The van der Waals surface area contributed by atoms with Gasteiger partial charge < -0.3 is 15.3 Å². The van der Waals surface area contributed by atoms with Crippen molar-refractivity contribution in [1.29, 1.82) is 0 Å². The van der Waals surface area contributed by atoms with E-state index < -0.39 is 6.10 Å². The molecule has 3 fully saturated rings. The van der Waals surface area contributed by atoms with Gasteiger partial charge in [0.2, 0.25) is 11.8 Å². The molecule has 5 heteroatoms. The number of fused-ring (bicyclic) bond motifs is 5. The van der Waals surface area contributed by atoms with Crippen LogP contribution in [0.15, 0.2) is 42.5 Å². The molecule has 2 unspecified atom stereocenters. The standard InChI is InChI=1S/C28H38N2O3/c1-27-14-12-25(32)30(3)23(27)10-9-20-21(27)11-13-28(2)22(20)15-19(26(28)33)16-24(31)29-17-18-7-5-4-6-8-18/h4-8,12,14,19-23,26,33H,9-11,13,15-17H2,1-3H3,(H,29,31)/t19-,20?,21?,22-,23+,26-,27+,28-/m0/s1. The Labute approximate surface area is 197 Å². The Morgan fingerprint density at radius 2 is 1.91 bits per heavy atom. The van der Waals surface area contributed by atoms with Crippen molar-refractivity contribution in [2.45, 2.75) is 71.1 Å². The zero-order valence-corrected chi connectivity index (χ0v) is 20.2. The van der Waals surface area contributed by atoms with Gasteiger partial charge in [-0.25, -0.2) is 0 Å². The second-order valence-corrected chi connectivity index (χ2v) is 11.6. The normalized spacial score (nSPS) is 41.8. The smallest absolute Gasteiger partial charge is 0.246 e. The molecule has 3 saturated carbocycles. The first-order chi connectivity index (χ1) is 15.7. The summed E-state index contributed by atoms with van der Waals surface area (Å²) in [4.78, 5) is 27.0. The van der Waals surface area contributed by atoms with Crippen molar-refractivity contribution >= 4 is 11.8 Å². The van der Waals surface area contributed by atoms with Crippen molar-refractivity contribution < 1.29 is 14.7 Å². The molecule has 33 heavy (non-hydrogen) atoms. The number of nitrogens with zero attached hydrogens (tertiary/aromatic N) is 1. The van der Waals surface area contributed by atoms with Crippen LogP contribution < -0.4 is 5.32 Å². The summed E-state index contributed by atoms with van der Waals surface area (Å²) < 4.78 is 0. The zero-order chi connectivity index (χ0) is 23.4. The highest BCUT2D eigenvalue weighted by atomic mass is 16.3. The third-order valence-electron chi connectivity index (χ3n) is 10.0. The van der Waals surface area contributed by atoms with Crippen molar-refractivity contribution in [3.63, 3.8) is 0 Å². The van der Waals surface area contributed by atoms with Crippen molar-refractivity contribution in [2.75, 3.05) is 7.05 Å². The fourth-order valence-corrected chi connectivity index (χ4v) is 8.19. The lowest BCUT2D eigenvalue weighted by molar-refractivity contribution is -0.140.